The number of rotatable bonds is 4. The largest absolute Gasteiger partial charge is 0.394 e. The third-order valence-corrected chi connectivity index (χ3v) is 3.78. The van der Waals surface area contributed by atoms with Crippen LogP contribution >= 0.6 is 0 Å². The molecule has 1 fully saturated rings. The minimum atomic E-state index is -0.287. The standard InChI is InChI=1S/C15H23NO2/c17-11-14(12-7-3-1-4-8-12)16-13-9-5-2-6-10-15(13)18/h1,3-4,7-8,13-18H,2,5-6,9-11H2. The van der Waals surface area contributed by atoms with Gasteiger partial charge in [-0.15, -0.1) is 0 Å². The molecule has 0 amide bonds. The summed E-state index contributed by atoms with van der Waals surface area (Å²) in [5.41, 5.74) is 1.08. The zero-order valence-corrected chi connectivity index (χ0v) is 10.8. The van der Waals surface area contributed by atoms with Crippen LogP contribution in [0.4, 0.5) is 0 Å². The van der Waals surface area contributed by atoms with Gasteiger partial charge in [-0.1, -0.05) is 49.6 Å². The lowest BCUT2D eigenvalue weighted by atomic mass is 10.0. The van der Waals surface area contributed by atoms with Gasteiger partial charge in [-0.2, -0.15) is 0 Å². The van der Waals surface area contributed by atoms with E-state index in [0.717, 1.165) is 31.2 Å². The number of aliphatic hydroxyl groups is 2. The van der Waals surface area contributed by atoms with Gasteiger partial charge in [0, 0.05) is 6.04 Å². The van der Waals surface area contributed by atoms with E-state index in [0.29, 0.717) is 0 Å². The van der Waals surface area contributed by atoms with Crippen LogP contribution in [0.2, 0.25) is 0 Å². The number of nitrogens with one attached hydrogen (secondary N) is 1. The molecular weight excluding hydrogens is 226 g/mol. The molecule has 1 saturated carbocycles. The molecule has 1 aliphatic rings. The van der Waals surface area contributed by atoms with Crippen molar-refractivity contribution in [3.63, 3.8) is 0 Å². The maximum absolute atomic E-state index is 10.1. The summed E-state index contributed by atoms with van der Waals surface area (Å²) in [6.45, 7) is 0.0627. The Morgan fingerprint density at radius 3 is 2.56 bits per heavy atom. The van der Waals surface area contributed by atoms with E-state index < -0.39 is 0 Å². The lowest BCUT2D eigenvalue weighted by molar-refractivity contribution is 0.105. The first kappa shape index (κ1) is 13.5. The Bertz CT molecular complexity index is 342. The average molecular weight is 249 g/mol. The van der Waals surface area contributed by atoms with E-state index in [1.807, 2.05) is 30.3 Å². The molecule has 0 heterocycles. The predicted octanol–water partition coefficient (Wildman–Crippen LogP) is 2.00. The van der Waals surface area contributed by atoms with Crippen molar-refractivity contribution in [2.75, 3.05) is 6.61 Å². The van der Waals surface area contributed by atoms with Crippen molar-refractivity contribution in [2.24, 2.45) is 0 Å². The van der Waals surface area contributed by atoms with Gasteiger partial charge in [-0.25, -0.2) is 0 Å². The van der Waals surface area contributed by atoms with E-state index in [-0.39, 0.29) is 24.8 Å². The summed E-state index contributed by atoms with van der Waals surface area (Å²) < 4.78 is 0. The van der Waals surface area contributed by atoms with Crippen LogP contribution in [0.1, 0.15) is 43.7 Å². The number of benzene rings is 1. The van der Waals surface area contributed by atoms with Crippen molar-refractivity contribution >= 4 is 0 Å². The number of hydrogen-bond acceptors (Lipinski definition) is 3. The fourth-order valence-electron chi connectivity index (χ4n) is 2.68. The smallest absolute Gasteiger partial charge is 0.0693 e. The van der Waals surface area contributed by atoms with Gasteiger partial charge in [0.25, 0.3) is 0 Å². The molecule has 3 unspecified atom stereocenters. The first-order chi connectivity index (χ1) is 8.81. The van der Waals surface area contributed by atoms with Gasteiger partial charge in [0.15, 0.2) is 0 Å². The molecule has 0 spiro atoms. The zero-order chi connectivity index (χ0) is 12.8. The van der Waals surface area contributed by atoms with Crippen molar-refractivity contribution in [1.82, 2.24) is 5.32 Å². The summed E-state index contributed by atoms with van der Waals surface area (Å²) in [6.07, 6.45) is 5.03. The Kier molecular flexibility index (Phi) is 5.17. The van der Waals surface area contributed by atoms with Gasteiger partial charge in [0.05, 0.1) is 18.8 Å². The molecule has 0 bridgehead atoms. The van der Waals surface area contributed by atoms with Crippen LogP contribution in [0.5, 0.6) is 0 Å². The topological polar surface area (TPSA) is 52.5 Å². The maximum atomic E-state index is 10.1. The first-order valence-electron chi connectivity index (χ1n) is 6.91. The summed E-state index contributed by atoms with van der Waals surface area (Å²) in [7, 11) is 0. The molecule has 0 radical (unpaired) electrons. The quantitative estimate of drug-likeness (QED) is 0.715. The fourth-order valence-corrected chi connectivity index (χ4v) is 2.68. The summed E-state index contributed by atoms with van der Waals surface area (Å²) in [4.78, 5) is 0. The van der Waals surface area contributed by atoms with Crippen molar-refractivity contribution in [1.29, 1.82) is 0 Å². The van der Waals surface area contributed by atoms with Crippen molar-refractivity contribution < 1.29 is 10.2 Å². The van der Waals surface area contributed by atoms with Gasteiger partial charge in [0.2, 0.25) is 0 Å². The maximum Gasteiger partial charge on any atom is 0.0693 e. The molecule has 100 valence electrons. The monoisotopic (exact) mass is 249 g/mol. The Morgan fingerprint density at radius 2 is 1.83 bits per heavy atom. The predicted molar refractivity (Wildman–Crippen MR) is 72.3 cm³/mol. The van der Waals surface area contributed by atoms with Gasteiger partial charge in [-0.05, 0) is 18.4 Å². The summed E-state index contributed by atoms with van der Waals surface area (Å²) in [6, 6.07) is 9.97. The number of aliphatic hydroxyl groups excluding tert-OH is 2. The molecule has 3 heteroatoms. The molecular formula is C15H23NO2. The molecule has 1 aromatic carbocycles. The highest BCUT2D eigenvalue weighted by Crippen LogP contribution is 2.21. The first-order valence-corrected chi connectivity index (χ1v) is 6.91. The Morgan fingerprint density at radius 1 is 1.11 bits per heavy atom. The van der Waals surface area contributed by atoms with Crippen molar-refractivity contribution in [3.8, 4) is 0 Å². The van der Waals surface area contributed by atoms with Crippen LogP contribution in [-0.4, -0.2) is 29.0 Å². The Balaban J connectivity index is 2.01. The molecule has 0 aliphatic heterocycles. The van der Waals surface area contributed by atoms with E-state index >= 15 is 0 Å². The average Bonchev–Trinajstić information content (AvgIpc) is 2.62. The Labute approximate surface area is 109 Å². The molecule has 1 aromatic rings. The molecule has 1 aliphatic carbocycles. The van der Waals surface area contributed by atoms with E-state index in [9.17, 15) is 10.2 Å². The molecule has 0 aromatic heterocycles. The van der Waals surface area contributed by atoms with Crippen LogP contribution in [0.15, 0.2) is 30.3 Å². The highest BCUT2D eigenvalue weighted by molar-refractivity contribution is 5.19. The van der Waals surface area contributed by atoms with Gasteiger partial charge >= 0.3 is 0 Å². The highest BCUT2D eigenvalue weighted by Gasteiger charge is 2.24. The second-order valence-corrected chi connectivity index (χ2v) is 5.12. The van der Waals surface area contributed by atoms with Crippen LogP contribution in [0.25, 0.3) is 0 Å². The normalized spacial score (nSPS) is 26.6. The zero-order valence-electron chi connectivity index (χ0n) is 10.8. The lowest BCUT2D eigenvalue weighted by Crippen LogP contribution is -2.42. The minimum Gasteiger partial charge on any atom is -0.394 e. The fraction of sp³-hybridized carbons (Fsp3) is 0.600. The summed E-state index contributed by atoms with van der Waals surface area (Å²) in [5.74, 6) is 0. The third kappa shape index (κ3) is 3.55. The summed E-state index contributed by atoms with van der Waals surface area (Å²) >= 11 is 0. The van der Waals surface area contributed by atoms with Gasteiger partial charge in [-0.3, -0.25) is 0 Å². The number of hydrogen-bond donors (Lipinski definition) is 3. The summed E-state index contributed by atoms with van der Waals surface area (Å²) in [5, 5.41) is 23.0. The van der Waals surface area contributed by atoms with Crippen LogP contribution < -0.4 is 5.32 Å². The van der Waals surface area contributed by atoms with Crippen LogP contribution in [-0.2, 0) is 0 Å². The second-order valence-electron chi connectivity index (χ2n) is 5.12. The SMILES string of the molecule is OCC(NC1CCCCCC1O)c1ccccc1. The molecule has 18 heavy (non-hydrogen) atoms. The lowest BCUT2D eigenvalue weighted by Gasteiger charge is -2.27. The van der Waals surface area contributed by atoms with E-state index in [4.69, 9.17) is 0 Å². The minimum absolute atomic E-state index is 0.0627. The van der Waals surface area contributed by atoms with E-state index in [1.165, 1.54) is 6.42 Å². The molecule has 2 rings (SSSR count). The van der Waals surface area contributed by atoms with Crippen molar-refractivity contribution in [2.45, 2.75) is 50.3 Å². The molecule has 0 saturated heterocycles. The van der Waals surface area contributed by atoms with Crippen LogP contribution in [0, 0.1) is 0 Å². The Hall–Kier alpha value is -0.900. The third-order valence-electron chi connectivity index (χ3n) is 3.78. The molecule has 3 atom stereocenters. The molecule has 3 N–H and O–H groups in total. The van der Waals surface area contributed by atoms with Gasteiger partial charge in [0.1, 0.15) is 0 Å². The highest BCUT2D eigenvalue weighted by atomic mass is 16.3. The second kappa shape index (κ2) is 6.88. The van der Waals surface area contributed by atoms with Crippen LogP contribution in [0.3, 0.4) is 0 Å². The van der Waals surface area contributed by atoms with Crippen molar-refractivity contribution in [3.05, 3.63) is 35.9 Å². The van der Waals surface area contributed by atoms with E-state index in [2.05, 4.69) is 5.32 Å². The van der Waals surface area contributed by atoms with E-state index in [1.54, 1.807) is 0 Å². The molecule has 3 nitrogen and oxygen atoms in total. The van der Waals surface area contributed by atoms with Gasteiger partial charge < -0.3 is 15.5 Å².